The number of ketones is 1. The molecule has 1 heterocycles. The molecule has 0 aliphatic rings. The topological polar surface area (TPSA) is 56.3 Å². The molecule has 2 aromatic carbocycles. The number of benzene rings is 2. The van der Waals surface area contributed by atoms with Gasteiger partial charge in [-0.3, -0.25) is 4.79 Å². The SMILES string of the molecule is O=C(COC(=O)c1cccnc1Cl)c1ccc(-c2ccccc2)cc1. The van der Waals surface area contributed by atoms with Gasteiger partial charge >= 0.3 is 5.97 Å². The molecule has 0 aliphatic carbocycles. The van der Waals surface area contributed by atoms with E-state index < -0.39 is 5.97 Å². The lowest BCUT2D eigenvalue weighted by Crippen LogP contribution is -2.14. The summed E-state index contributed by atoms with van der Waals surface area (Å²) in [5.74, 6) is -0.958. The number of nitrogens with zero attached hydrogens (tertiary/aromatic N) is 1. The highest BCUT2D eigenvalue weighted by atomic mass is 35.5. The van der Waals surface area contributed by atoms with Gasteiger partial charge in [0.05, 0.1) is 5.56 Å². The molecule has 0 fully saturated rings. The zero-order valence-corrected chi connectivity index (χ0v) is 13.9. The largest absolute Gasteiger partial charge is 0.454 e. The molecule has 3 rings (SSSR count). The molecule has 0 aliphatic heterocycles. The van der Waals surface area contributed by atoms with E-state index in [9.17, 15) is 9.59 Å². The van der Waals surface area contributed by atoms with E-state index in [-0.39, 0.29) is 23.1 Å². The Morgan fingerprint density at radius 1 is 0.880 bits per heavy atom. The maximum atomic E-state index is 12.2. The highest BCUT2D eigenvalue weighted by Gasteiger charge is 2.15. The lowest BCUT2D eigenvalue weighted by atomic mass is 10.0. The van der Waals surface area contributed by atoms with E-state index in [4.69, 9.17) is 16.3 Å². The number of hydrogen-bond acceptors (Lipinski definition) is 4. The molecule has 0 amide bonds. The van der Waals surface area contributed by atoms with Gasteiger partial charge in [0.2, 0.25) is 0 Å². The zero-order valence-electron chi connectivity index (χ0n) is 13.2. The molecule has 0 saturated heterocycles. The number of aromatic nitrogens is 1. The normalized spacial score (nSPS) is 10.3. The van der Waals surface area contributed by atoms with Crippen molar-refractivity contribution in [2.45, 2.75) is 0 Å². The van der Waals surface area contributed by atoms with Gasteiger partial charge in [-0.05, 0) is 23.3 Å². The molecular formula is C20H14ClNO3. The van der Waals surface area contributed by atoms with Crippen LogP contribution in [0.25, 0.3) is 11.1 Å². The second kappa shape index (κ2) is 7.73. The van der Waals surface area contributed by atoms with Crippen LogP contribution in [0.5, 0.6) is 0 Å². The molecule has 0 N–H and O–H groups in total. The van der Waals surface area contributed by atoms with Crippen LogP contribution in [0.2, 0.25) is 5.15 Å². The summed E-state index contributed by atoms with van der Waals surface area (Å²) >= 11 is 5.83. The van der Waals surface area contributed by atoms with Gasteiger partial charge in [-0.15, -0.1) is 0 Å². The van der Waals surface area contributed by atoms with Crippen molar-refractivity contribution in [3.05, 3.63) is 89.2 Å². The lowest BCUT2D eigenvalue weighted by molar-refractivity contribution is 0.0474. The van der Waals surface area contributed by atoms with Crippen LogP contribution >= 0.6 is 11.6 Å². The first-order valence-electron chi connectivity index (χ1n) is 7.61. The van der Waals surface area contributed by atoms with Crippen molar-refractivity contribution in [1.82, 2.24) is 4.98 Å². The minimum Gasteiger partial charge on any atom is -0.454 e. The van der Waals surface area contributed by atoms with Crippen molar-refractivity contribution in [2.75, 3.05) is 6.61 Å². The summed E-state index contributed by atoms with van der Waals surface area (Å²) in [6, 6.07) is 20.1. The summed E-state index contributed by atoms with van der Waals surface area (Å²) in [6.45, 7) is -0.352. The van der Waals surface area contributed by atoms with Crippen LogP contribution in [0.15, 0.2) is 72.9 Å². The quantitative estimate of drug-likeness (QED) is 0.387. The second-order valence-electron chi connectivity index (χ2n) is 5.28. The molecule has 0 atom stereocenters. The van der Waals surface area contributed by atoms with E-state index in [2.05, 4.69) is 4.98 Å². The van der Waals surface area contributed by atoms with Crippen LogP contribution in [0.1, 0.15) is 20.7 Å². The van der Waals surface area contributed by atoms with Crippen molar-refractivity contribution >= 4 is 23.4 Å². The summed E-state index contributed by atoms with van der Waals surface area (Å²) in [7, 11) is 0. The number of carbonyl (C=O) groups is 2. The van der Waals surface area contributed by atoms with Gasteiger partial charge in [0, 0.05) is 11.8 Å². The average Bonchev–Trinajstić information content (AvgIpc) is 2.67. The van der Waals surface area contributed by atoms with Gasteiger partial charge in [0.15, 0.2) is 12.4 Å². The van der Waals surface area contributed by atoms with Crippen LogP contribution in [0.4, 0.5) is 0 Å². The molecule has 3 aromatic rings. The molecule has 0 radical (unpaired) electrons. The number of halogens is 1. The summed E-state index contributed by atoms with van der Waals surface area (Å²) < 4.78 is 5.03. The van der Waals surface area contributed by atoms with Gasteiger partial charge in [-0.1, -0.05) is 66.2 Å². The Morgan fingerprint density at radius 2 is 1.56 bits per heavy atom. The maximum Gasteiger partial charge on any atom is 0.341 e. The minimum absolute atomic E-state index is 0.0483. The first kappa shape index (κ1) is 16.9. The van der Waals surface area contributed by atoms with Gasteiger partial charge < -0.3 is 4.74 Å². The first-order chi connectivity index (χ1) is 12.1. The number of Topliss-reactive ketones (excluding diaryl/α,β-unsaturated/α-hetero) is 1. The predicted molar refractivity (Wildman–Crippen MR) is 95.7 cm³/mol. The fraction of sp³-hybridized carbons (Fsp3) is 0.0500. The number of pyridine rings is 1. The number of esters is 1. The highest BCUT2D eigenvalue weighted by Crippen LogP contribution is 2.19. The van der Waals surface area contributed by atoms with Crippen molar-refractivity contribution in [1.29, 1.82) is 0 Å². The van der Waals surface area contributed by atoms with Crippen LogP contribution in [-0.4, -0.2) is 23.3 Å². The molecule has 25 heavy (non-hydrogen) atoms. The molecule has 0 spiro atoms. The molecule has 0 unspecified atom stereocenters. The minimum atomic E-state index is -0.674. The van der Waals surface area contributed by atoms with Crippen LogP contribution in [0, 0.1) is 0 Å². The summed E-state index contributed by atoms with van der Waals surface area (Å²) in [4.78, 5) is 27.9. The van der Waals surface area contributed by atoms with Crippen molar-refractivity contribution in [3.63, 3.8) is 0 Å². The lowest BCUT2D eigenvalue weighted by Gasteiger charge is -2.06. The third-order valence-corrected chi connectivity index (χ3v) is 3.93. The van der Waals surface area contributed by atoms with Crippen LogP contribution in [0.3, 0.4) is 0 Å². The Morgan fingerprint density at radius 3 is 2.24 bits per heavy atom. The Balaban J connectivity index is 1.64. The summed E-state index contributed by atoms with van der Waals surface area (Å²) in [6.07, 6.45) is 1.47. The third-order valence-electron chi connectivity index (χ3n) is 3.63. The van der Waals surface area contributed by atoms with E-state index in [0.717, 1.165) is 11.1 Å². The molecule has 1 aromatic heterocycles. The molecule has 4 nitrogen and oxygen atoms in total. The standard InChI is InChI=1S/C20H14ClNO3/c21-19-17(7-4-12-22-19)20(24)25-13-18(23)16-10-8-15(9-11-16)14-5-2-1-3-6-14/h1-12H,13H2. The number of hydrogen-bond donors (Lipinski definition) is 0. The second-order valence-corrected chi connectivity index (χ2v) is 5.64. The monoisotopic (exact) mass is 351 g/mol. The molecular weight excluding hydrogens is 338 g/mol. The zero-order chi connectivity index (χ0) is 17.6. The Hall–Kier alpha value is -2.98. The smallest absolute Gasteiger partial charge is 0.341 e. The van der Waals surface area contributed by atoms with Crippen LogP contribution in [-0.2, 0) is 4.74 Å². The van der Waals surface area contributed by atoms with Crippen LogP contribution < -0.4 is 0 Å². The number of carbonyl (C=O) groups excluding carboxylic acids is 2. The third kappa shape index (κ3) is 4.11. The number of ether oxygens (including phenoxy) is 1. The summed E-state index contributed by atoms with van der Waals surface area (Å²) in [5.41, 5.74) is 2.69. The van der Waals surface area contributed by atoms with Gasteiger partial charge in [0.1, 0.15) is 5.15 Å². The molecule has 5 heteroatoms. The fourth-order valence-corrected chi connectivity index (χ4v) is 2.51. The first-order valence-corrected chi connectivity index (χ1v) is 7.99. The van der Waals surface area contributed by atoms with E-state index in [1.54, 1.807) is 18.2 Å². The summed E-state index contributed by atoms with van der Waals surface area (Å²) in [5, 5.41) is 0.0483. The highest BCUT2D eigenvalue weighted by molar-refractivity contribution is 6.32. The van der Waals surface area contributed by atoms with Crippen molar-refractivity contribution in [2.24, 2.45) is 0 Å². The van der Waals surface area contributed by atoms with E-state index in [1.807, 2.05) is 42.5 Å². The Bertz CT molecular complexity index is 892. The molecule has 124 valence electrons. The van der Waals surface area contributed by atoms with E-state index in [0.29, 0.717) is 5.56 Å². The predicted octanol–water partition coefficient (Wildman–Crippen LogP) is 4.44. The van der Waals surface area contributed by atoms with E-state index >= 15 is 0 Å². The molecule has 0 bridgehead atoms. The maximum absolute atomic E-state index is 12.2. The van der Waals surface area contributed by atoms with E-state index in [1.165, 1.54) is 12.3 Å². The molecule has 0 saturated carbocycles. The fourth-order valence-electron chi connectivity index (χ4n) is 2.31. The van der Waals surface area contributed by atoms with Crippen molar-refractivity contribution < 1.29 is 14.3 Å². The van der Waals surface area contributed by atoms with Crippen molar-refractivity contribution in [3.8, 4) is 11.1 Å². The van der Waals surface area contributed by atoms with Gasteiger partial charge in [0.25, 0.3) is 0 Å². The number of rotatable bonds is 5. The average molecular weight is 352 g/mol. The Kier molecular flexibility index (Phi) is 5.21. The van der Waals surface area contributed by atoms with Gasteiger partial charge in [-0.25, -0.2) is 9.78 Å². The Labute approximate surface area is 150 Å². The van der Waals surface area contributed by atoms with Gasteiger partial charge in [-0.2, -0.15) is 0 Å².